The molecule has 1 saturated carbocycles. The van der Waals surface area contributed by atoms with E-state index in [0.29, 0.717) is 42.0 Å². The fraction of sp³-hybridized carbons (Fsp3) is 0.789. The van der Waals surface area contributed by atoms with E-state index in [1.165, 1.54) is 5.75 Å². The summed E-state index contributed by atoms with van der Waals surface area (Å²) in [6.45, 7) is 3.80. The van der Waals surface area contributed by atoms with Crippen LogP contribution in [-0.4, -0.2) is 88.4 Å². The van der Waals surface area contributed by atoms with E-state index >= 15 is 0 Å². The normalized spacial score (nSPS) is 39.5. The molecule has 1 spiro atoms. The number of halogens is 2. The number of hydrogen-bond acceptors (Lipinski definition) is 6. The first-order chi connectivity index (χ1) is 14.3. The van der Waals surface area contributed by atoms with Gasteiger partial charge in [0.25, 0.3) is 5.91 Å². The van der Waals surface area contributed by atoms with Crippen LogP contribution < -0.4 is 10.6 Å². The molecule has 4 rings (SSSR count). The lowest BCUT2D eigenvalue weighted by Gasteiger charge is -2.34. The van der Waals surface area contributed by atoms with Gasteiger partial charge in [0.2, 0.25) is 5.91 Å². The highest BCUT2D eigenvalue weighted by molar-refractivity contribution is 8.44. The van der Waals surface area contributed by atoms with Crippen molar-refractivity contribution in [1.82, 2.24) is 10.6 Å². The van der Waals surface area contributed by atoms with Crippen LogP contribution in [-0.2, 0) is 18.5 Å². The Labute approximate surface area is 182 Å². The quantitative estimate of drug-likeness (QED) is 0.289. The first kappa shape index (κ1) is 23.7. The van der Waals surface area contributed by atoms with Gasteiger partial charge in [-0.2, -0.15) is 0 Å². The molecule has 0 aromatic rings. The van der Waals surface area contributed by atoms with Crippen molar-refractivity contribution in [2.75, 3.05) is 32.1 Å². The number of amides is 2. The highest BCUT2D eigenvalue weighted by Crippen LogP contribution is 2.98. The van der Waals surface area contributed by atoms with E-state index in [4.69, 9.17) is 30.7 Å². The lowest BCUT2D eigenvalue weighted by Crippen LogP contribution is -2.47. The molecule has 3 saturated heterocycles. The third-order valence-corrected chi connectivity index (χ3v) is 9.83. The second kappa shape index (κ2) is 10.1. The molecule has 2 amide bonds. The van der Waals surface area contributed by atoms with Crippen LogP contribution in [0.15, 0.2) is 12.3 Å². The van der Waals surface area contributed by atoms with Gasteiger partial charge < -0.3 is 29.8 Å². The fourth-order valence-corrected chi connectivity index (χ4v) is 7.74. The maximum Gasteiger partial charge on any atom is 0.251 e. The van der Waals surface area contributed by atoms with Crippen LogP contribution in [0.5, 0.6) is 0 Å². The minimum Gasteiger partial charge on any atom is -0.394 e. The highest BCUT2D eigenvalue weighted by atomic mass is 35.5. The van der Waals surface area contributed by atoms with Crippen LogP contribution in [0.25, 0.3) is 0 Å². The van der Waals surface area contributed by atoms with Gasteiger partial charge in [0.05, 0.1) is 29.9 Å². The van der Waals surface area contributed by atoms with Crippen molar-refractivity contribution in [3.63, 3.8) is 0 Å². The van der Waals surface area contributed by atoms with Gasteiger partial charge in [-0.1, -0.05) is 6.58 Å². The van der Waals surface area contributed by atoms with Gasteiger partial charge in [0.15, 0.2) is 6.10 Å². The Balaban J connectivity index is 0.000000589. The molecule has 30 heavy (non-hydrogen) atoms. The van der Waals surface area contributed by atoms with Gasteiger partial charge in [0, 0.05) is 36.1 Å². The van der Waals surface area contributed by atoms with Crippen molar-refractivity contribution in [3.8, 4) is 0 Å². The molecule has 3 aliphatic heterocycles. The molecule has 172 valence electrons. The highest BCUT2D eigenvalue weighted by Gasteiger charge is 2.87. The number of carbonyl (C=O) groups excluding carboxylic acids is 2. The Hall–Kier alpha value is -0.910. The number of aliphatic hydroxyl groups excluding tert-OH is 2. The molecule has 0 radical (unpaired) electrons. The SMILES string of the molecule is C=C(CCNC(=O)C1OS23CC2C13)NC(=O)COC1CCC(Cl)C(F)C1.OCCO. The monoisotopic (exact) mass is 468 g/mol. The summed E-state index contributed by atoms with van der Waals surface area (Å²) in [5.74, 6) is 0.820. The van der Waals surface area contributed by atoms with Crippen molar-refractivity contribution >= 4 is 33.7 Å². The first-order valence-corrected chi connectivity index (χ1v) is 12.4. The summed E-state index contributed by atoms with van der Waals surface area (Å²) in [5.41, 5.74) is 0.512. The van der Waals surface area contributed by atoms with Crippen LogP contribution in [0.1, 0.15) is 25.7 Å². The molecule has 4 fully saturated rings. The average molecular weight is 469 g/mol. The largest absolute Gasteiger partial charge is 0.394 e. The van der Waals surface area contributed by atoms with Gasteiger partial charge >= 0.3 is 0 Å². The Morgan fingerprint density at radius 3 is 2.57 bits per heavy atom. The van der Waals surface area contributed by atoms with Crippen molar-refractivity contribution in [1.29, 1.82) is 0 Å². The van der Waals surface area contributed by atoms with Gasteiger partial charge in [0.1, 0.15) is 12.8 Å². The number of alkyl halides is 2. The van der Waals surface area contributed by atoms with Gasteiger partial charge in [-0.3, -0.25) is 9.59 Å². The molecule has 8 nitrogen and oxygen atoms in total. The summed E-state index contributed by atoms with van der Waals surface area (Å²) in [7, 11) is -0.702. The summed E-state index contributed by atoms with van der Waals surface area (Å²) < 4.78 is 24.7. The zero-order valence-corrected chi connectivity index (χ0v) is 18.3. The summed E-state index contributed by atoms with van der Waals surface area (Å²) in [5, 5.41) is 21.5. The molecular weight excluding hydrogens is 439 g/mol. The molecule has 0 bridgehead atoms. The number of fused-ring (bicyclic) bond motifs is 1. The molecule has 0 aromatic heterocycles. The van der Waals surface area contributed by atoms with Gasteiger partial charge in [-0.25, -0.2) is 4.39 Å². The van der Waals surface area contributed by atoms with E-state index in [2.05, 4.69) is 17.2 Å². The van der Waals surface area contributed by atoms with E-state index in [1.807, 2.05) is 0 Å². The molecule has 7 atom stereocenters. The summed E-state index contributed by atoms with van der Waals surface area (Å²) in [4.78, 5) is 23.8. The Morgan fingerprint density at radius 2 is 2.03 bits per heavy atom. The summed E-state index contributed by atoms with van der Waals surface area (Å²) in [6, 6.07) is 0. The third kappa shape index (κ3) is 5.46. The smallest absolute Gasteiger partial charge is 0.251 e. The van der Waals surface area contributed by atoms with Crippen LogP contribution in [0.3, 0.4) is 0 Å². The molecule has 0 aromatic carbocycles. The van der Waals surface area contributed by atoms with Gasteiger partial charge in [-0.05, 0) is 12.8 Å². The van der Waals surface area contributed by atoms with Crippen LogP contribution in [0, 0.1) is 0 Å². The lowest BCUT2D eigenvalue weighted by molar-refractivity contribution is -0.128. The van der Waals surface area contributed by atoms with E-state index in [1.54, 1.807) is 0 Å². The number of rotatable bonds is 9. The summed E-state index contributed by atoms with van der Waals surface area (Å²) >= 11 is 5.83. The van der Waals surface area contributed by atoms with Crippen molar-refractivity contribution in [3.05, 3.63) is 12.3 Å². The zero-order chi connectivity index (χ0) is 21.9. The predicted octanol–water partition coefficient (Wildman–Crippen LogP) is 0.491. The number of ether oxygens (including phenoxy) is 1. The maximum absolute atomic E-state index is 13.5. The molecular formula is C19H30ClFN2O6S. The summed E-state index contributed by atoms with van der Waals surface area (Å²) in [6.07, 6.45) is 0.263. The Bertz CT molecular complexity index is 671. The van der Waals surface area contributed by atoms with Crippen molar-refractivity contribution in [2.45, 2.75) is 59.9 Å². The zero-order valence-electron chi connectivity index (χ0n) is 16.7. The number of carbonyl (C=O) groups is 2. The third-order valence-electron chi connectivity index (χ3n) is 5.65. The molecule has 7 unspecified atom stereocenters. The van der Waals surface area contributed by atoms with E-state index in [0.717, 1.165) is 0 Å². The minimum absolute atomic E-state index is 0.0570. The fourth-order valence-electron chi connectivity index (χ4n) is 3.80. The first-order valence-electron chi connectivity index (χ1n) is 10.2. The van der Waals surface area contributed by atoms with E-state index in [-0.39, 0.29) is 50.3 Å². The van der Waals surface area contributed by atoms with Crippen molar-refractivity contribution < 1.29 is 33.1 Å². The number of hydrogen-bond donors (Lipinski definition) is 4. The predicted molar refractivity (Wildman–Crippen MR) is 112 cm³/mol. The van der Waals surface area contributed by atoms with E-state index < -0.39 is 21.9 Å². The van der Waals surface area contributed by atoms with Gasteiger partial charge in [-0.15, -0.1) is 21.9 Å². The second-order valence-electron chi connectivity index (χ2n) is 7.88. The maximum atomic E-state index is 13.5. The Kier molecular flexibility index (Phi) is 8.03. The average Bonchev–Trinajstić information content (AvgIpc) is 3.55. The second-order valence-corrected chi connectivity index (χ2v) is 11.7. The van der Waals surface area contributed by atoms with E-state index in [9.17, 15) is 14.0 Å². The van der Waals surface area contributed by atoms with Crippen molar-refractivity contribution in [2.24, 2.45) is 0 Å². The number of nitrogens with one attached hydrogen (secondary N) is 2. The molecule has 4 N–H and O–H groups in total. The molecule has 4 aliphatic rings. The molecule has 3 heterocycles. The molecule has 11 heteroatoms. The van der Waals surface area contributed by atoms with Crippen LogP contribution in [0.2, 0.25) is 0 Å². The minimum atomic E-state index is -1.09. The topological polar surface area (TPSA) is 117 Å². The standard InChI is InChI=1S/C17H24ClFN2O4S.C2H6O2/c1-9(4-5-20-17(23)15-16-13-8-26(13,16)25-15)21-14(22)7-24-10-2-3-11(18)12(19)6-10;3-1-2-4/h10-13,15-16H,1-8H2,(H,20,23)(H,21,22);3-4H,1-2H2. The lowest BCUT2D eigenvalue weighted by atomic mass is 9.95. The molecule has 1 aliphatic carbocycles. The van der Waals surface area contributed by atoms with Crippen LogP contribution in [0.4, 0.5) is 4.39 Å². The van der Waals surface area contributed by atoms with Crippen LogP contribution >= 0.6 is 21.9 Å². The number of aliphatic hydroxyl groups is 2. The Morgan fingerprint density at radius 1 is 1.30 bits per heavy atom.